The van der Waals surface area contributed by atoms with Gasteiger partial charge in [-0.2, -0.15) is 0 Å². The molecule has 6 nitrogen and oxygen atoms in total. The predicted octanol–water partition coefficient (Wildman–Crippen LogP) is 1.36. The Morgan fingerprint density at radius 2 is 2.04 bits per heavy atom. The number of carbonyl (C=O) groups is 3. The van der Waals surface area contributed by atoms with Gasteiger partial charge < -0.3 is 9.80 Å². The van der Waals surface area contributed by atoms with E-state index < -0.39 is 6.03 Å². The molecule has 2 aliphatic heterocycles. The van der Waals surface area contributed by atoms with E-state index in [0.29, 0.717) is 6.04 Å². The molecule has 4 fully saturated rings. The van der Waals surface area contributed by atoms with Crippen molar-refractivity contribution in [3.05, 3.63) is 0 Å². The maximum atomic E-state index is 12.6. The topological polar surface area (TPSA) is 69.7 Å². The van der Waals surface area contributed by atoms with Crippen LogP contribution in [0.4, 0.5) is 4.79 Å². The molecule has 2 aliphatic carbocycles. The standard InChI is InChI=1S/C17H25N3O3/c21-15-9-19(17(23)18-15)10-16(22)20-5-1-2-14(20)8-13-7-11-3-4-12(13)6-11/h11-14H,1-10H2,(H,18,21,23)/t11-,12-,13-,14-/m0/s1. The Bertz CT molecular complexity index is 535. The first kappa shape index (κ1) is 15.0. The Hall–Kier alpha value is -1.59. The van der Waals surface area contributed by atoms with Crippen LogP contribution >= 0.6 is 0 Å². The summed E-state index contributed by atoms with van der Waals surface area (Å²) >= 11 is 0. The van der Waals surface area contributed by atoms with Crippen LogP contribution < -0.4 is 5.32 Å². The first-order valence-corrected chi connectivity index (χ1v) is 8.98. The van der Waals surface area contributed by atoms with Crippen molar-refractivity contribution in [3.8, 4) is 0 Å². The number of fused-ring (bicyclic) bond motifs is 2. The highest BCUT2D eigenvalue weighted by molar-refractivity contribution is 6.03. The van der Waals surface area contributed by atoms with Crippen molar-refractivity contribution in [2.24, 2.45) is 17.8 Å². The van der Waals surface area contributed by atoms with Gasteiger partial charge in [0.25, 0.3) is 0 Å². The van der Waals surface area contributed by atoms with Crippen molar-refractivity contribution < 1.29 is 14.4 Å². The van der Waals surface area contributed by atoms with Gasteiger partial charge in [0.2, 0.25) is 11.8 Å². The Morgan fingerprint density at radius 3 is 2.70 bits per heavy atom. The highest BCUT2D eigenvalue weighted by Crippen LogP contribution is 2.50. The number of nitrogens with one attached hydrogen (secondary N) is 1. The van der Waals surface area contributed by atoms with Crippen molar-refractivity contribution in [1.29, 1.82) is 0 Å². The van der Waals surface area contributed by atoms with E-state index in [1.165, 1.54) is 30.6 Å². The van der Waals surface area contributed by atoms with Gasteiger partial charge in [-0.05, 0) is 56.3 Å². The molecular weight excluding hydrogens is 294 g/mol. The van der Waals surface area contributed by atoms with Crippen LogP contribution in [0.2, 0.25) is 0 Å². The zero-order chi connectivity index (χ0) is 16.0. The van der Waals surface area contributed by atoms with Crippen LogP contribution in [0.1, 0.15) is 44.9 Å². The number of likely N-dealkylation sites (tertiary alicyclic amines) is 1. The van der Waals surface area contributed by atoms with Crippen LogP contribution in [-0.2, 0) is 9.59 Å². The van der Waals surface area contributed by atoms with Gasteiger partial charge in [-0.25, -0.2) is 4.79 Å². The second-order valence-electron chi connectivity index (χ2n) is 7.76. The predicted molar refractivity (Wildman–Crippen MR) is 83.4 cm³/mol. The molecule has 0 aromatic heterocycles. The van der Waals surface area contributed by atoms with E-state index in [-0.39, 0.29) is 24.9 Å². The van der Waals surface area contributed by atoms with Crippen LogP contribution in [0.5, 0.6) is 0 Å². The average molecular weight is 319 g/mol. The van der Waals surface area contributed by atoms with Crippen LogP contribution in [-0.4, -0.2) is 53.3 Å². The molecule has 0 aromatic carbocycles. The number of carbonyl (C=O) groups excluding carboxylic acids is 3. The quantitative estimate of drug-likeness (QED) is 0.795. The van der Waals surface area contributed by atoms with Crippen LogP contribution in [0.15, 0.2) is 0 Å². The number of rotatable bonds is 4. The molecule has 23 heavy (non-hydrogen) atoms. The highest BCUT2D eigenvalue weighted by Gasteiger charge is 2.42. The van der Waals surface area contributed by atoms with Crippen LogP contribution in [0.3, 0.4) is 0 Å². The molecule has 2 saturated heterocycles. The summed E-state index contributed by atoms with van der Waals surface area (Å²) in [6.07, 6.45) is 8.83. The summed E-state index contributed by atoms with van der Waals surface area (Å²) in [7, 11) is 0. The van der Waals surface area contributed by atoms with Gasteiger partial charge in [0.15, 0.2) is 0 Å². The summed E-state index contributed by atoms with van der Waals surface area (Å²) < 4.78 is 0. The summed E-state index contributed by atoms with van der Waals surface area (Å²) in [5, 5.41) is 2.23. The van der Waals surface area contributed by atoms with Gasteiger partial charge in [0, 0.05) is 12.6 Å². The normalized spacial score (nSPS) is 36.2. The Kier molecular flexibility index (Phi) is 3.77. The molecule has 0 aromatic rings. The second-order valence-corrected chi connectivity index (χ2v) is 7.76. The first-order chi connectivity index (χ1) is 11.1. The third kappa shape index (κ3) is 2.83. The minimum Gasteiger partial charge on any atom is -0.338 e. The number of hydrogen-bond donors (Lipinski definition) is 1. The fourth-order valence-electron chi connectivity index (χ4n) is 5.29. The number of amides is 4. The molecule has 1 N–H and O–H groups in total. The van der Waals surface area contributed by atoms with Crippen LogP contribution in [0.25, 0.3) is 0 Å². The minimum atomic E-state index is -0.438. The molecule has 0 unspecified atom stereocenters. The molecule has 6 heteroatoms. The smallest absolute Gasteiger partial charge is 0.325 e. The lowest BCUT2D eigenvalue weighted by atomic mass is 9.83. The lowest BCUT2D eigenvalue weighted by Gasteiger charge is -2.31. The maximum absolute atomic E-state index is 12.6. The molecule has 4 atom stereocenters. The monoisotopic (exact) mass is 319 g/mol. The van der Waals surface area contributed by atoms with Crippen molar-refractivity contribution in [2.75, 3.05) is 19.6 Å². The van der Waals surface area contributed by atoms with Crippen LogP contribution in [0, 0.1) is 17.8 Å². The average Bonchev–Trinajstić information content (AvgIpc) is 3.25. The van der Waals surface area contributed by atoms with E-state index >= 15 is 0 Å². The van der Waals surface area contributed by atoms with Crippen molar-refractivity contribution >= 4 is 17.8 Å². The van der Waals surface area contributed by atoms with Gasteiger partial charge in [-0.1, -0.05) is 6.42 Å². The number of hydrogen-bond acceptors (Lipinski definition) is 3. The third-order valence-corrected chi connectivity index (χ3v) is 6.35. The van der Waals surface area contributed by atoms with Crippen molar-refractivity contribution in [2.45, 2.75) is 51.0 Å². The second kappa shape index (κ2) is 5.80. The number of urea groups is 1. The molecule has 126 valence electrons. The van der Waals surface area contributed by atoms with Crippen molar-refractivity contribution in [3.63, 3.8) is 0 Å². The van der Waals surface area contributed by atoms with E-state index in [4.69, 9.17) is 0 Å². The van der Waals surface area contributed by atoms with Gasteiger partial charge in [-0.3, -0.25) is 14.9 Å². The number of nitrogens with zero attached hydrogens (tertiary/aromatic N) is 2. The summed E-state index contributed by atoms with van der Waals surface area (Å²) in [5.74, 6) is 2.31. The molecule has 4 rings (SSSR count). The Balaban J connectivity index is 1.34. The minimum absolute atomic E-state index is 0.000469. The van der Waals surface area contributed by atoms with E-state index in [1.807, 2.05) is 4.90 Å². The van der Waals surface area contributed by atoms with E-state index in [9.17, 15) is 14.4 Å². The fourth-order valence-corrected chi connectivity index (χ4v) is 5.29. The summed E-state index contributed by atoms with van der Waals surface area (Å²) in [4.78, 5) is 38.7. The first-order valence-electron chi connectivity index (χ1n) is 8.98. The molecule has 2 heterocycles. The zero-order valence-electron chi connectivity index (χ0n) is 13.5. The molecule has 4 amide bonds. The molecule has 2 bridgehead atoms. The highest BCUT2D eigenvalue weighted by atomic mass is 16.2. The largest absolute Gasteiger partial charge is 0.338 e. The van der Waals surface area contributed by atoms with Gasteiger partial charge in [0.05, 0.1) is 0 Å². The van der Waals surface area contributed by atoms with E-state index in [2.05, 4.69) is 5.32 Å². The molecule has 2 saturated carbocycles. The molecule has 0 radical (unpaired) electrons. The van der Waals surface area contributed by atoms with E-state index in [1.54, 1.807) is 0 Å². The Labute approximate surface area is 136 Å². The Morgan fingerprint density at radius 1 is 1.17 bits per heavy atom. The lowest BCUT2D eigenvalue weighted by Crippen LogP contribution is -2.44. The zero-order valence-corrected chi connectivity index (χ0v) is 13.5. The summed E-state index contributed by atoms with van der Waals surface area (Å²) in [6.45, 7) is 0.841. The number of imide groups is 1. The maximum Gasteiger partial charge on any atom is 0.325 e. The molecule has 4 aliphatic rings. The van der Waals surface area contributed by atoms with Gasteiger partial charge in [0.1, 0.15) is 13.1 Å². The summed E-state index contributed by atoms with van der Waals surface area (Å²) in [5.41, 5.74) is 0. The lowest BCUT2D eigenvalue weighted by molar-refractivity contribution is -0.132. The third-order valence-electron chi connectivity index (χ3n) is 6.35. The van der Waals surface area contributed by atoms with Gasteiger partial charge >= 0.3 is 6.03 Å². The SMILES string of the molecule is O=C1CN(CC(=O)N2CCC[C@H]2C[C@@H]2C[C@H]3CC[C@H]2C3)C(=O)N1. The van der Waals surface area contributed by atoms with Crippen molar-refractivity contribution in [1.82, 2.24) is 15.1 Å². The summed E-state index contributed by atoms with van der Waals surface area (Å²) in [6, 6.07) is -0.0968. The van der Waals surface area contributed by atoms with Gasteiger partial charge in [-0.15, -0.1) is 0 Å². The molecular formula is C17H25N3O3. The fraction of sp³-hybridized carbons (Fsp3) is 0.824. The molecule has 0 spiro atoms. The van der Waals surface area contributed by atoms with E-state index in [0.717, 1.165) is 43.6 Å².